The fraction of sp³-hybridized carbons (Fsp3) is 0.297. The Morgan fingerprint density at radius 1 is 0.816 bits per heavy atom. The first-order valence-electron chi connectivity index (χ1n) is 16.5. The van der Waals surface area contributed by atoms with Crippen molar-refractivity contribution in [1.82, 2.24) is 35.6 Å². The normalized spacial score (nSPS) is 17.4. The first-order valence-corrected chi connectivity index (χ1v) is 17.2. The van der Waals surface area contributed by atoms with Gasteiger partial charge in [0, 0.05) is 91.3 Å². The summed E-state index contributed by atoms with van der Waals surface area (Å²) in [5, 5.41) is 13.9. The van der Waals surface area contributed by atoms with Crippen molar-refractivity contribution in [2.24, 2.45) is 0 Å². The van der Waals surface area contributed by atoms with E-state index in [0.29, 0.717) is 60.6 Å². The Kier molecular flexibility index (Phi) is 9.81. The van der Waals surface area contributed by atoms with E-state index in [1.165, 1.54) is 0 Å². The van der Waals surface area contributed by atoms with Gasteiger partial charge in [0.15, 0.2) is 0 Å². The largest absolute Gasteiger partial charge is 0.481 e. The van der Waals surface area contributed by atoms with Crippen molar-refractivity contribution in [3.05, 3.63) is 94.4 Å². The second-order valence-electron chi connectivity index (χ2n) is 12.5. The van der Waals surface area contributed by atoms with E-state index in [0.717, 1.165) is 57.6 Å². The third-order valence-electron chi connectivity index (χ3n) is 9.09. The van der Waals surface area contributed by atoms with E-state index >= 15 is 0 Å². The smallest absolute Gasteiger partial charge is 0.220 e. The van der Waals surface area contributed by atoms with Gasteiger partial charge in [0.1, 0.15) is 5.65 Å². The molecule has 0 spiro atoms. The number of imidazole rings is 1. The molecule has 2 fully saturated rings. The Morgan fingerprint density at radius 3 is 2.10 bits per heavy atom. The SMILES string of the molecule is COc1nc(-c2cccc(-c3cccc(-c4ccn5cc(CNCC6CCC(=O)N6)nc5c4)c3Cl)c2Cl)ccc1CNCC1CCC(=O)N1. The lowest BCUT2D eigenvalue weighted by Gasteiger charge is -2.15. The minimum atomic E-state index is 0.102. The van der Waals surface area contributed by atoms with Crippen LogP contribution >= 0.6 is 23.2 Å². The molecule has 0 bridgehead atoms. The molecule has 7 rings (SSSR count). The highest BCUT2D eigenvalue weighted by atomic mass is 35.5. The Hall–Kier alpha value is -4.48. The van der Waals surface area contributed by atoms with Crippen LogP contribution in [0.5, 0.6) is 5.88 Å². The van der Waals surface area contributed by atoms with E-state index in [1.54, 1.807) is 7.11 Å². The summed E-state index contributed by atoms with van der Waals surface area (Å²) in [6, 6.07) is 20.1. The minimum absolute atomic E-state index is 0.102. The summed E-state index contributed by atoms with van der Waals surface area (Å²) < 4.78 is 7.65. The van der Waals surface area contributed by atoms with Crippen LogP contribution in [0.25, 0.3) is 39.2 Å². The van der Waals surface area contributed by atoms with Crippen LogP contribution in [0.2, 0.25) is 10.0 Å². The van der Waals surface area contributed by atoms with Crippen molar-refractivity contribution in [3.63, 3.8) is 0 Å². The number of hydrogen-bond acceptors (Lipinski definition) is 7. The van der Waals surface area contributed by atoms with E-state index in [4.69, 9.17) is 37.9 Å². The van der Waals surface area contributed by atoms with Gasteiger partial charge < -0.3 is 30.4 Å². The van der Waals surface area contributed by atoms with Gasteiger partial charge in [-0.15, -0.1) is 0 Å². The number of carbonyl (C=O) groups is 2. The van der Waals surface area contributed by atoms with Crippen molar-refractivity contribution in [1.29, 1.82) is 0 Å². The van der Waals surface area contributed by atoms with Crippen LogP contribution in [0.15, 0.2) is 73.1 Å². The highest BCUT2D eigenvalue weighted by Crippen LogP contribution is 2.42. The summed E-state index contributed by atoms with van der Waals surface area (Å²) in [4.78, 5) is 32.6. The highest BCUT2D eigenvalue weighted by molar-refractivity contribution is 6.39. The number of hydrogen-bond donors (Lipinski definition) is 4. The second-order valence-corrected chi connectivity index (χ2v) is 13.2. The van der Waals surface area contributed by atoms with Gasteiger partial charge >= 0.3 is 0 Å². The Balaban J connectivity index is 1.09. The summed E-state index contributed by atoms with van der Waals surface area (Å²) in [7, 11) is 1.60. The fourth-order valence-corrected chi connectivity index (χ4v) is 7.20. The molecule has 5 heterocycles. The van der Waals surface area contributed by atoms with Gasteiger partial charge in [-0.05, 0) is 36.6 Å². The molecule has 4 N–H and O–H groups in total. The predicted molar refractivity (Wildman–Crippen MR) is 192 cm³/mol. The zero-order valence-electron chi connectivity index (χ0n) is 27.1. The molecule has 5 aromatic rings. The molecule has 12 heteroatoms. The minimum Gasteiger partial charge on any atom is -0.481 e. The van der Waals surface area contributed by atoms with Crippen molar-refractivity contribution >= 4 is 40.7 Å². The molecule has 3 aromatic heterocycles. The fourth-order valence-electron chi connectivity index (χ4n) is 6.53. The summed E-state index contributed by atoms with van der Waals surface area (Å²) in [6.07, 6.45) is 6.86. The standard InChI is InChI=1S/C37H37Cl2N7O3/c1-49-37-23(17-40-18-24-9-12-33(47)43-24)8-11-31(45-37)30-7-3-6-29(36(30)39)28-5-2-4-27(35(28)38)22-14-15-46-21-26(42-32(46)16-22)20-41-19-25-10-13-34(48)44-25/h2-8,11,14-16,21,24-25,40-41H,9-10,12-13,17-20H2,1H3,(H,43,47)(H,44,48). The number of ether oxygens (including phenoxy) is 1. The number of rotatable bonds is 12. The number of halogens is 2. The number of pyridine rings is 2. The zero-order chi connectivity index (χ0) is 33.9. The third kappa shape index (κ3) is 7.28. The molecule has 49 heavy (non-hydrogen) atoms. The van der Waals surface area contributed by atoms with Crippen LogP contribution in [-0.2, 0) is 22.7 Å². The first kappa shape index (κ1) is 33.0. The number of nitrogens with zero attached hydrogens (tertiary/aromatic N) is 3. The second kappa shape index (κ2) is 14.6. The zero-order valence-corrected chi connectivity index (χ0v) is 28.6. The van der Waals surface area contributed by atoms with Crippen LogP contribution in [0, 0.1) is 0 Å². The lowest BCUT2D eigenvalue weighted by atomic mass is 9.97. The molecule has 0 radical (unpaired) electrons. The van der Waals surface area contributed by atoms with Crippen molar-refractivity contribution < 1.29 is 14.3 Å². The number of fused-ring (bicyclic) bond motifs is 1. The molecule has 10 nitrogen and oxygen atoms in total. The number of carbonyl (C=O) groups excluding carboxylic acids is 2. The third-order valence-corrected chi connectivity index (χ3v) is 9.90. The average molecular weight is 699 g/mol. The van der Waals surface area contributed by atoms with E-state index in [-0.39, 0.29) is 23.9 Å². The molecule has 2 unspecified atom stereocenters. The lowest BCUT2D eigenvalue weighted by Crippen LogP contribution is -2.35. The quantitative estimate of drug-likeness (QED) is 0.130. The molecule has 0 aliphatic carbocycles. The van der Waals surface area contributed by atoms with Crippen LogP contribution in [0.3, 0.4) is 0 Å². The summed E-state index contributed by atoms with van der Waals surface area (Å²) in [6.45, 7) is 2.56. The first-order chi connectivity index (χ1) is 23.9. The highest BCUT2D eigenvalue weighted by Gasteiger charge is 2.22. The Labute approximate surface area is 294 Å². The maximum absolute atomic E-state index is 11.5. The molecule has 2 aliphatic heterocycles. The van der Waals surface area contributed by atoms with Crippen LogP contribution in [0.1, 0.15) is 36.9 Å². The van der Waals surface area contributed by atoms with Crippen LogP contribution in [0.4, 0.5) is 0 Å². The molecule has 252 valence electrons. The molecule has 2 saturated heterocycles. The number of amides is 2. The number of methoxy groups -OCH3 is 1. The van der Waals surface area contributed by atoms with Gasteiger partial charge in [-0.1, -0.05) is 65.7 Å². The average Bonchev–Trinajstić information content (AvgIpc) is 3.84. The molecule has 2 aliphatic rings. The summed E-state index contributed by atoms with van der Waals surface area (Å²) in [5.74, 6) is 0.731. The summed E-state index contributed by atoms with van der Waals surface area (Å²) >= 11 is 14.2. The lowest BCUT2D eigenvalue weighted by molar-refractivity contribution is -0.120. The van der Waals surface area contributed by atoms with Crippen molar-refractivity contribution in [2.75, 3.05) is 20.2 Å². The molecule has 0 saturated carbocycles. The van der Waals surface area contributed by atoms with Gasteiger partial charge in [0.25, 0.3) is 0 Å². The van der Waals surface area contributed by atoms with Crippen LogP contribution in [-0.4, -0.2) is 58.5 Å². The topological polar surface area (TPSA) is 122 Å². The molecule has 2 amide bonds. The van der Waals surface area contributed by atoms with E-state index in [9.17, 15) is 9.59 Å². The van der Waals surface area contributed by atoms with Crippen LogP contribution < -0.4 is 26.0 Å². The van der Waals surface area contributed by atoms with Gasteiger partial charge in [-0.25, -0.2) is 9.97 Å². The maximum atomic E-state index is 11.5. The van der Waals surface area contributed by atoms with Crippen molar-refractivity contribution in [3.8, 4) is 39.4 Å². The van der Waals surface area contributed by atoms with Gasteiger partial charge in [-0.2, -0.15) is 0 Å². The van der Waals surface area contributed by atoms with E-state index in [1.807, 2.05) is 77.5 Å². The molecular formula is C37H37Cl2N7O3. The number of nitrogens with one attached hydrogen (secondary N) is 4. The van der Waals surface area contributed by atoms with E-state index in [2.05, 4.69) is 21.3 Å². The number of benzene rings is 2. The Morgan fingerprint density at radius 2 is 1.45 bits per heavy atom. The predicted octanol–water partition coefficient (Wildman–Crippen LogP) is 5.78. The summed E-state index contributed by atoms with van der Waals surface area (Å²) in [5.41, 5.74) is 7.51. The van der Waals surface area contributed by atoms with E-state index < -0.39 is 0 Å². The maximum Gasteiger partial charge on any atom is 0.220 e. The van der Waals surface area contributed by atoms with Crippen molar-refractivity contribution in [2.45, 2.75) is 50.9 Å². The number of aromatic nitrogens is 3. The van der Waals surface area contributed by atoms with Gasteiger partial charge in [-0.3, -0.25) is 9.59 Å². The molecule has 2 aromatic carbocycles. The van der Waals surface area contributed by atoms with Gasteiger partial charge in [0.05, 0.1) is 28.5 Å². The monoisotopic (exact) mass is 697 g/mol. The Bertz CT molecular complexity index is 2030. The molecule has 2 atom stereocenters. The van der Waals surface area contributed by atoms with Gasteiger partial charge in [0.2, 0.25) is 17.7 Å². The molecular weight excluding hydrogens is 661 g/mol.